The minimum absolute atomic E-state index is 0.0537. The van der Waals surface area contributed by atoms with Crippen LogP contribution in [0.1, 0.15) is 33.6 Å². The predicted molar refractivity (Wildman–Crippen MR) is 117 cm³/mol. The van der Waals surface area contributed by atoms with Crippen molar-refractivity contribution in [2.75, 3.05) is 20.3 Å². The highest BCUT2D eigenvalue weighted by molar-refractivity contribution is 5.84. The van der Waals surface area contributed by atoms with Crippen LogP contribution in [-0.4, -0.2) is 56.6 Å². The van der Waals surface area contributed by atoms with Crippen LogP contribution in [0.4, 0.5) is 0 Å². The van der Waals surface area contributed by atoms with Gasteiger partial charge in [0.05, 0.1) is 29.3 Å². The Labute approximate surface area is 181 Å². The average Bonchev–Trinajstić information content (AvgIpc) is 3.45. The molecule has 1 aliphatic heterocycles. The highest BCUT2D eigenvalue weighted by Gasteiger charge is 2.32. The summed E-state index contributed by atoms with van der Waals surface area (Å²) >= 11 is 0. The summed E-state index contributed by atoms with van der Waals surface area (Å²) in [6.45, 7) is 7.45. The molecule has 0 saturated carbocycles. The second-order valence-corrected chi connectivity index (χ2v) is 9.09. The zero-order chi connectivity index (χ0) is 22.2. The number of imidazole rings is 1. The summed E-state index contributed by atoms with van der Waals surface area (Å²) in [5.74, 6) is 0.634. The Hall–Kier alpha value is -2.94. The molecule has 1 aliphatic rings. The molecule has 1 amide bonds. The lowest BCUT2D eigenvalue weighted by atomic mass is 9.99. The number of aromatic nitrogens is 5. The van der Waals surface area contributed by atoms with Crippen molar-refractivity contribution >= 4 is 16.9 Å². The molecule has 0 aliphatic carbocycles. The number of nitrogens with zero attached hydrogens (tertiary/aromatic N) is 5. The number of ether oxygens (including phenoxy) is 2. The van der Waals surface area contributed by atoms with Crippen LogP contribution in [0.15, 0.2) is 24.8 Å². The van der Waals surface area contributed by atoms with Gasteiger partial charge in [-0.25, -0.2) is 9.97 Å². The van der Waals surface area contributed by atoms with Crippen molar-refractivity contribution in [2.45, 2.75) is 45.3 Å². The van der Waals surface area contributed by atoms with E-state index < -0.39 is 0 Å². The number of carbonyl (C=O) groups excluding carboxylic acids is 1. The van der Waals surface area contributed by atoms with Crippen LogP contribution in [0.25, 0.3) is 22.3 Å². The van der Waals surface area contributed by atoms with Crippen molar-refractivity contribution in [3.8, 4) is 17.1 Å². The van der Waals surface area contributed by atoms with Crippen molar-refractivity contribution in [1.29, 1.82) is 0 Å². The minimum atomic E-state index is -0.197. The van der Waals surface area contributed by atoms with Gasteiger partial charge in [0.15, 0.2) is 0 Å². The van der Waals surface area contributed by atoms with Crippen molar-refractivity contribution in [3.63, 3.8) is 0 Å². The highest BCUT2D eigenvalue weighted by atomic mass is 16.5. The van der Waals surface area contributed by atoms with Gasteiger partial charge < -0.3 is 19.4 Å². The molecular weight excluding hydrogens is 396 g/mol. The number of nitrogens with one attached hydrogen (secondary N) is 1. The molecule has 0 radical (unpaired) electrons. The molecule has 3 aromatic heterocycles. The fourth-order valence-corrected chi connectivity index (χ4v) is 3.85. The molecule has 0 bridgehead atoms. The zero-order valence-corrected chi connectivity index (χ0v) is 18.8. The van der Waals surface area contributed by atoms with Gasteiger partial charge >= 0.3 is 0 Å². The van der Waals surface area contributed by atoms with E-state index in [1.54, 1.807) is 13.4 Å². The van der Waals surface area contributed by atoms with Gasteiger partial charge in [-0.05, 0) is 26.8 Å². The topological polar surface area (TPSA) is 96.1 Å². The number of aryl methyl sites for hydroxylation is 1. The number of rotatable bonds is 7. The Bertz CT molecular complexity index is 1080. The fraction of sp³-hybridized carbons (Fsp3) is 0.545. The number of fused-ring (bicyclic) bond motifs is 1. The largest absolute Gasteiger partial charge is 0.472 e. The first-order valence-corrected chi connectivity index (χ1v) is 10.6. The third-order valence-electron chi connectivity index (χ3n) is 5.63. The molecule has 31 heavy (non-hydrogen) atoms. The summed E-state index contributed by atoms with van der Waals surface area (Å²) in [6, 6.07) is 1.96. The number of carbonyl (C=O) groups is 1. The first-order chi connectivity index (χ1) is 14.8. The number of amides is 1. The number of pyridine rings is 1. The van der Waals surface area contributed by atoms with E-state index in [4.69, 9.17) is 14.5 Å². The number of methoxy groups -OCH3 is 1. The maximum absolute atomic E-state index is 11.8. The molecule has 0 aromatic carbocycles. The minimum Gasteiger partial charge on any atom is -0.472 e. The average molecular weight is 427 g/mol. The van der Waals surface area contributed by atoms with Gasteiger partial charge in [0, 0.05) is 57.8 Å². The SMILES string of the molecule is COCCC(Oc1nc(-c2cnn(C(C)(C)C)c2)cc2ncn(C)c12)C1CNC(=O)C1. The first kappa shape index (κ1) is 21.3. The molecule has 1 fully saturated rings. The third-order valence-corrected chi connectivity index (χ3v) is 5.63. The second-order valence-electron chi connectivity index (χ2n) is 9.09. The Morgan fingerprint density at radius 1 is 1.35 bits per heavy atom. The Morgan fingerprint density at radius 2 is 2.16 bits per heavy atom. The molecule has 0 spiro atoms. The molecule has 166 valence electrons. The Morgan fingerprint density at radius 3 is 2.81 bits per heavy atom. The summed E-state index contributed by atoms with van der Waals surface area (Å²) < 4.78 is 15.6. The number of hydrogen-bond donors (Lipinski definition) is 1. The van der Waals surface area contributed by atoms with Gasteiger partial charge in [0.2, 0.25) is 11.8 Å². The third kappa shape index (κ3) is 4.41. The normalized spacial score (nSPS) is 17.8. The van der Waals surface area contributed by atoms with E-state index in [0.29, 0.717) is 31.9 Å². The van der Waals surface area contributed by atoms with Gasteiger partial charge in [-0.15, -0.1) is 0 Å². The lowest BCUT2D eigenvalue weighted by molar-refractivity contribution is -0.119. The van der Waals surface area contributed by atoms with E-state index in [1.807, 2.05) is 34.8 Å². The van der Waals surface area contributed by atoms with E-state index in [-0.39, 0.29) is 23.5 Å². The van der Waals surface area contributed by atoms with Crippen LogP contribution in [0, 0.1) is 5.92 Å². The van der Waals surface area contributed by atoms with Crippen molar-refractivity contribution in [3.05, 3.63) is 24.8 Å². The van der Waals surface area contributed by atoms with Gasteiger partial charge in [-0.1, -0.05) is 0 Å². The predicted octanol–water partition coefficient (Wildman–Crippen LogP) is 2.51. The van der Waals surface area contributed by atoms with Gasteiger partial charge in [-0.3, -0.25) is 9.48 Å². The Kier molecular flexibility index (Phi) is 5.70. The van der Waals surface area contributed by atoms with Crippen molar-refractivity contribution in [2.24, 2.45) is 13.0 Å². The van der Waals surface area contributed by atoms with Crippen LogP contribution in [0.5, 0.6) is 5.88 Å². The molecule has 4 heterocycles. The monoisotopic (exact) mass is 426 g/mol. The molecule has 2 unspecified atom stereocenters. The lowest BCUT2D eigenvalue weighted by Crippen LogP contribution is -2.30. The fourth-order valence-electron chi connectivity index (χ4n) is 3.85. The molecule has 1 saturated heterocycles. The molecule has 1 N–H and O–H groups in total. The first-order valence-electron chi connectivity index (χ1n) is 10.6. The molecule has 2 atom stereocenters. The van der Waals surface area contributed by atoms with Crippen molar-refractivity contribution < 1.29 is 14.3 Å². The highest BCUT2D eigenvalue weighted by Crippen LogP contribution is 2.31. The maximum atomic E-state index is 11.8. The van der Waals surface area contributed by atoms with Crippen LogP contribution >= 0.6 is 0 Å². The van der Waals surface area contributed by atoms with Crippen LogP contribution in [-0.2, 0) is 22.1 Å². The van der Waals surface area contributed by atoms with E-state index in [2.05, 4.69) is 36.2 Å². The van der Waals surface area contributed by atoms with Gasteiger partial charge in [0.1, 0.15) is 11.6 Å². The summed E-state index contributed by atoms with van der Waals surface area (Å²) in [5, 5.41) is 7.40. The van der Waals surface area contributed by atoms with Crippen LogP contribution in [0.2, 0.25) is 0 Å². The summed E-state index contributed by atoms with van der Waals surface area (Å²) in [5.41, 5.74) is 3.16. The molecular formula is C22H30N6O3. The lowest BCUT2D eigenvalue weighted by Gasteiger charge is -2.23. The van der Waals surface area contributed by atoms with E-state index in [0.717, 1.165) is 22.3 Å². The van der Waals surface area contributed by atoms with Crippen LogP contribution in [0.3, 0.4) is 0 Å². The molecule has 3 aromatic rings. The quantitative estimate of drug-likeness (QED) is 0.624. The Balaban J connectivity index is 1.72. The standard InChI is InChI=1S/C22H30N6O3/c1-22(2,3)28-12-15(11-25-28)16-9-17-20(27(4)13-24-17)21(26-16)31-18(6-7-30-5)14-8-19(29)23-10-14/h9,11-14,18H,6-8,10H2,1-5H3,(H,23,29). The summed E-state index contributed by atoms with van der Waals surface area (Å²) in [4.78, 5) is 21.2. The number of hydrogen-bond acceptors (Lipinski definition) is 6. The van der Waals surface area contributed by atoms with E-state index in [9.17, 15) is 4.79 Å². The van der Waals surface area contributed by atoms with Gasteiger partial charge in [0.25, 0.3) is 0 Å². The molecule has 4 rings (SSSR count). The van der Waals surface area contributed by atoms with E-state index >= 15 is 0 Å². The second kappa shape index (κ2) is 8.30. The van der Waals surface area contributed by atoms with Crippen molar-refractivity contribution in [1.82, 2.24) is 29.6 Å². The molecule has 9 nitrogen and oxygen atoms in total. The zero-order valence-electron chi connectivity index (χ0n) is 18.8. The molecule has 9 heteroatoms. The van der Waals surface area contributed by atoms with E-state index in [1.165, 1.54) is 0 Å². The summed E-state index contributed by atoms with van der Waals surface area (Å²) in [6.07, 6.45) is 6.48. The van der Waals surface area contributed by atoms with Crippen LogP contribution < -0.4 is 10.1 Å². The maximum Gasteiger partial charge on any atom is 0.241 e. The summed E-state index contributed by atoms with van der Waals surface area (Å²) in [7, 11) is 3.59. The van der Waals surface area contributed by atoms with Gasteiger partial charge in [-0.2, -0.15) is 5.10 Å². The smallest absolute Gasteiger partial charge is 0.241 e.